The average Bonchev–Trinajstić information content (AvgIpc) is 3.12. The van der Waals surface area contributed by atoms with Gasteiger partial charge < -0.3 is 15.0 Å². The van der Waals surface area contributed by atoms with Gasteiger partial charge in [-0.2, -0.15) is 18.3 Å². The first-order valence-electron chi connectivity index (χ1n) is 8.59. The number of nitrogens with zero attached hydrogens (tertiary/aromatic N) is 3. The number of ether oxygens (including phenoxy) is 1. The molecule has 0 saturated heterocycles. The molecule has 0 aliphatic carbocycles. The lowest BCUT2D eigenvalue weighted by molar-refractivity contribution is -0.136. The van der Waals surface area contributed by atoms with Crippen LogP contribution in [0.1, 0.15) is 16.1 Å². The first-order valence-corrected chi connectivity index (χ1v) is 8.59. The maximum Gasteiger partial charge on any atom is 0.418 e. The zero-order chi connectivity index (χ0) is 21.2. The quantitative estimate of drug-likeness (QED) is 0.692. The Morgan fingerprint density at radius 1 is 1.14 bits per heavy atom. The van der Waals surface area contributed by atoms with Gasteiger partial charge in [-0.25, -0.2) is 4.68 Å². The van der Waals surface area contributed by atoms with Crippen molar-refractivity contribution >= 4 is 17.3 Å². The molecule has 0 radical (unpaired) electrons. The molecule has 0 saturated carbocycles. The summed E-state index contributed by atoms with van der Waals surface area (Å²) in [6, 6.07) is 12.7. The van der Waals surface area contributed by atoms with Gasteiger partial charge in [0.05, 0.1) is 30.2 Å². The zero-order valence-electron chi connectivity index (χ0n) is 16.0. The summed E-state index contributed by atoms with van der Waals surface area (Å²) in [7, 11) is 4.62. The number of hydrogen-bond donors (Lipinski definition) is 1. The van der Waals surface area contributed by atoms with E-state index < -0.39 is 17.6 Å². The van der Waals surface area contributed by atoms with E-state index in [1.807, 2.05) is 6.07 Å². The third kappa shape index (κ3) is 4.34. The van der Waals surface area contributed by atoms with Crippen LogP contribution in [0.25, 0.3) is 5.69 Å². The summed E-state index contributed by atoms with van der Waals surface area (Å²) in [5, 5.41) is 6.48. The smallest absolute Gasteiger partial charge is 0.418 e. The van der Waals surface area contributed by atoms with Gasteiger partial charge in [0.2, 0.25) is 0 Å². The van der Waals surface area contributed by atoms with Crippen molar-refractivity contribution in [1.29, 1.82) is 0 Å². The van der Waals surface area contributed by atoms with Crippen molar-refractivity contribution in [3.05, 3.63) is 66.0 Å². The molecule has 6 nitrogen and oxygen atoms in total. The first kappa shape index (κ1) is 20.2. The largest absolute Gasteiger partial charge is 0.493 e. The lowest BCUT2D eigenvalue weighted by Gasteiger charge is -2.18. The molecule has 1 amide bonds. The number of benzene rings is 2. The molecule has 0 unspecified atom stereocenters. The molecule has 0 spiro atoms. The van der Waals surface area contributed by atoms with Crippen LogP contribution in [-0.2, 0) is 6.18 Å². The van der Waals surface area contributed by atoms with Gasteiger partial charge in [0, 0.05) is 19.8 Å². The van der Waals surface area contributed by atoms with Crippen LogP contribution in [0, 0.1) is 0 Å². The molecular formula is C20H19F3N4O2. The maximum atomic E-state index is 13.5. The minimum absolute atomic E-state index is 0.124. The number of amides is 1. The second-order valence-electron chi connectivity index (χ2n) is 6.40. The van der Waals surface area contributed by atoms with Crippen LogP contribution >= 0.6 is 0 Å². The van der Waals surface area contributed by atoms with Crippen LogP contribution in [0.4, 0.5) is 24.5 Å². The minimum atomic E-state index is -4.64. The standard InChI is InChI=1S/C20H19F3N4O2/c1-26(2)14-9-10-16(15(11-14)20(21,22)23)24-19(28)18-17(29-3)12-27(25-18)13-7-5-4-6-8-13/h4-12H,1-3H3,(H,24,28). The van der Waals surface area contributed by atoms with E-state index in [4.69, 9.17) is 4.74 Å². The number of carbonyl (C=O) groups excluding carboxylic acids is 1. The van der Waals surface area contributed by atoms with Gasteiger partial charge >= 0.3 is 6.18 Å². The predicted molar refractivity (Wildman–Crippen MR) is 104 cm³/mol. The van der Waals surface area contributed by atoms with E-state index in [9.17, 15) is 18.0 Å². The van der Waals surface area contributed by atoms with Crippen LogP contribution in [-0.4, -0.2) is 36.9 Å². The Hall–Kier alpha value is -3.49. The van der Waals surface area contributed by atoms with Crippen molar-refractivity contribution in [3.63, 3.8) is 0 Å². The van der Waals surface area contributed by atoms with Crippen LogP contribution < -0.4 is 15.0 Å². The van der Waals surface area contributed by atoms with Gasteiger partial charge in [-0.1, -0.05) is 18.2 Å². The number of halogens is 3. The number of aromatic nitrogens is 2. The number of methoxy groups -OCH3 is 1. The van der Waals surface area contributed by atoms with Gasteiger partial charge in [-0.05, 0) is 30.3 Å². The Balaban J connectivity index is 1.96. The number of para-hydroxylation sites is 1. The highest BCUT2D eigenvalue weighted by molar-refractivity contribution is 6.05. The van der Waals surface area contributed by atoms with Crippen molar-refractivity contribution in [1.82, 2.24) is 9.78 Å². The van der Waals surface area contributed by atoms with Crippen LogP contribution in [0.15, 0.2) is 54.7 Å². The average molecular weight is 404 g/mol. The number of carbonyl (C=O) groups is 1. The third-order valence-electron chi connectivity index (χ3n) is 4.21. The number of alkyl halides is 3. The normalized spacial score (nSPS) is 11.2. The van der Waals surface area contributed by atoms with Crippen LogP contribution in [0.3, 0.4) is 0 Å². The molecule has 1 heterocycles. The van der Waals surface area contributed by atoms with E-state index in [2.05, 4.69) is 10.4 Å². The number of nitrogens with one attached hydrogen (secondary N) is 1. The summed E-state index contributed by atoms with van der Waals surface area (Å²) in [6.45, 7) is 0. The van der Waals surface area contributed by atoms with Crippen LogP contribution in [0.2, 0.25) is 0 Å². The topological polar surface area (TPSA) is 59.4 Å². The monoisotopic (exact) mass is 404 g/mol. The summed E-state index contributed by atoms with van der Waals surface area (Å²) in [6.07, 6.45) is -3.15. The Bertz CT molecular complexity index is 1010. The van der Waals surface area contributed by atoms with Crippen molar-refractivity contribution in [3.8, 4) is 11.4 Å². The zero-order valence-corrected chi connectivity index (χ0v) is 16.0. The SMILES string of the molecule is COc1cn(-c2ccccc2)nc1C(=O)Nc1ccc(N(C)C)cc1C(F)(F)F. The van der Waals surface area contributed by atoms with E-state index in [0.717, 1.165) is 6.07 Å². The Kier molecular flexibility index (Phi) is 5.49. The third-order valence-corrected chi connectivity index (χ3v) is 4.21. The van der Waals surface area contributed by atoms with Gasteiger partial charge in [-0.15, -0.1) is 0 Å². The molecule has 2 aromatic carbocycles. The molecule has 152 valence electrons. The van der Waals surface area contributed by atoms with Gasteiger partial charge in [0.15, 0.2) is 11.4 Å². The molecule has 0 aliphatic heterocycles. The summed E-state index contributed by atoms with van der Waals surface area (Å²) < 4.78 is 47.1. The highest BCUT2D eigenvalue weighted by Crippen LogP contribution is 2.37. The fourth-order valence-electron chi connectivity index (χ4n) is 2.71. The molecule has 3 rings (SSSR count). The van der Waals surface area contributed by atoms with E-state index in [-0.39, 0.29) is 17.1 Å². The Labute approximate surface area is 165 Å². The molecule has 29 heavy (non-hydrogen) atoms. The molecular weight excluding hydrogens is 385 g/mol. The summed E-state index contributed by atoms with van der Waals surface area (Å²) in [5.41, 5.74) is -0.387. The van der Waals surface area contributed by atoms with Gasteiger partial charge in [-0.3, -0.25) is 4.79 Å². The maximum absolute atomic E-state index is 13.5. The van der Waals surface area contributed by atoms with Crippen molar-refractivity contribution in [2.45, 2.75) is 6.18 Å². The first-order chi connectivity index (χ1) is 13.7. The van der Waals surface area contributed by atoms with Crippen molar-refractivity contribution in [2.24, 2.45) is 0 Å². The Morgan fingerprint density at radius 3 is 2.41 bits per heavy atom. The second kappa shape index (κ2) is 7.86. The molecule has 0 bridgehead atoms. The summed E-state index contributed by atoms with van der Waals surface area (Å²) in [4.78, 5) is 14.2. The highest BCUT2D eigenvalue weighted by Gasteiger charge is 2.35. The van der Waals surface area contributed by atoms with Gasteiger partial charge in [0.25, 0.3) is 5.91 Å². The predicted octanol–water partition coefficient (Wildman–Crippen LogP) is 4.22. The fourth-order valence-corrected chi connectivity index (χ4v) is 2.71. The fraction of sp³-hybridized carbons (Fsp3) is 0.200. The molecule has 0 atom stereocenters. The summed E-state index contributed by atoms with van der Waals surface area (Å²) in [5.74, 6) is -0.663. The molecule has 0 fully saturated rings. The minimum Gasteiger partial charge on any atom is -0.493 e. The lowest BCUT2D eigenvalue weighted by atomic mass is 10.1. The van der Waals surface area contributed by atoms with Gasteiger partial charge in [0.1, 0.15) is 0 Å². The van der Waals surface area contributed by atoms with E-state index in [1.54, 1.807) is 43.3 Å². The van der Waals surface area contributed by atoms with E-state index in [0.29, 0.717) is 11.4 Å². The van der Waals surface area contributed by atoms with Crippen molar-refractivity contribution < 1.29 is 22.7 Å². The highest BCUT2D eigenvalue weighted by atomic mass is 19.4. The van der Waals surface area contributed by atoms with Crippen molar-refractivity contribution in [2.75, 3.05) is 31.4 Å². The second-order valence-corrected chi connectivity index (χ2v) is 6.40. The van der Waals surface area contributed by atoms with E-state index >= 15 is 0 Å². The summed E-state index contributed by atoms with van der Waals surface area (Å²) >= 11 is 0. The molecule has 3 aromatic rings. The Morgan fingerprint density at radius 2 is 1.83 bits per heavy atom. The lowest BCUT2D eigenvalue weighted by Crippen LogP contribution is -2.19. The number of hydrogen-bond acceptors (Lipinski definition) is 4. The molecule has 9 heteroatoms. The van der Waals surface area contributed by atoms with E-state index in [1.165, 1.54) is 30.1 Å². The number of anilines is 2. The van der Waals surface area contributed by atoms with Crippen LogP contribution in [0.5, 0.6) is 5.75 Å². The molecule has 1 aromatic heterocycles. The molecule has 1 N–H and O–H groups in total. The molecule has 0 aliphatic rings. The number of rotatable bonds is 5.